The molecule has 0 spiro atoms. The Labute approximate surface area is 79.4 Å². The van der Waals surface area contributed by atoms with Gasteiger partial charge >= 0.3 is 0 Å². The van der Waals surface area contributed by atoms with Crippen molar-refractivity contribution in [2.75, 3.05) is 40.0 Å². The predicted molar refractivity (Wildman–Crippen MR) is 49.7 cm³/mol. The Bertz CT molecular complexity index is 143. The second-order valence-electron chi connectivity index (χ2n) is 3.25. The van der Waals surface area contributed by atoms with Crippen LogP contribution in [-0.2, 0) is 9.47 Å². The fourth-order valence-corrected chi connectivity index (χ4v) is 1.74. The van der Waals surface area contributed by atoms with Gasteiger partial charge in [0.15, 0.2) is 0 Å². The van der Waals surface area contributed by atoms with Crippen molar-refractivity contribution in [3.63, 3.8) is 0 Å². The third-order valence-electron chi connectivity index (χ3n) is 2.39. The molecule has 78 valence electrons. The lowest BCUT2D eigenvalue weighted by Crippen LogP contribution is -2.28. The zero-order valence-corrected chi connectivity index (χ0v) is 8.40. The van der Waals surface area contributed by atoms with Crippen LogP contribution < -0.4 is 0 Å². The third kappa shape index (κ3) is 2.91. The number of ether oxygens (including phenoxy) is 2. The van der Waals surface area contributed by atoms with Crippen molar-refractivity contribution in [3.8, 4) is 0 Å². The largest absolute Gasteiger partial charge is 0.395 e. The average molecular weight is 189 g/mol. The van der Waals surface area contributed by atoms with E-state index in [4.69, 9.17) is 14.6 Å². The van der Waals surface area contributed by atoms with Gasteiger partial charge in [0.05, 0.1) is 18.8 Å². The molecule has 1 aliphatic rings. The van der Waals surface area contributed by atoms with E-state index in [1.807, 2.05) is 6.92 Å². The van der Waals surface area contributed by atoms with Gasteiger partial charge in [0.1, 0.15) is 0 Å². The van der Waals surface area contributed by atoms with Gasteiger partial charge in [-0.2, -0.15) is 0 Å². The Morgan fingerprint density at radius 2 is 2.08 bits per heavy atom. The van der Waals surface area contributed by atoms with Gasteiger partial charge < -0.3 is 14.6 Å². The Morgan fingerprint density at radius 1 is 1.38 bits per heavy atom. The normalized spacial score (nSPS) is 29.8. The van der Waals surface area contributed by atoms with E-state index in [9.17, 15) is 0 Å². The highest BCUT2D eigenvalue weighted by atomic mass is 16.5. The molecule has 4 nitrogen and oxygen atoms in total. The topological polar surface area (TPSA) is 41.9 Å². The molecule has 0 aliphatic carbocycles. The molecule has 13 heavy (non-hydrogen) atoms. The Balaban J connectivity index is 2.36. The number of aliphatic hydroxyl groups excluding tert-OH is 1. The van der Waals surface area contributed by atoms with Crippen molar-refractivity contribution >= 4 is 0 Å². The van der Waals surface area contributed by atoms with Crippen LogP contribution in [-0.4, -0.2) is 62.2 Å². The van der Waals surface area contributed by atoms with Gasteiger partial charge in [-0.25, -0.2) is 0 Å². The maximum atomic E-state index is 8.78. The second-order valence-corrected chi connectivity index (χ2v) is 3.25. The van der Waals surface area contributed by atoms with E-state index in [1.165, 1.54) is 0 Å². The Kier molecular flexibility index (Phi) is 4.66. The summed E-state index contributed by atoms with van der Waals surface area (Å²) in [7, 11) is 1.71. The molecule has 1 aliphatic heterocycles. The van der Waals surface area contributed by atoms with Crippen molar-refractivity contribution < 1.29 is 14.6 Å². The maximum absolute atomic E-state index is 8.78. The molecular formula is C9H19NO3. The minimum atomic E-state index is 0.159. The smallest absolute Gasteiger partial charge is 0.0975 e. The van der Waals surface area contributed by atoms with Crippen LogP contribution in [0.3, 0.4) is 0 Å². The maximum Gasteiger partial charge on any atom is 0.0975 e. The molecule has 0 saturated carbocycles. The van der Waals surface area contributed by atoms with Gasteiger partial charge in [-0.3, -0.25) is 4.90 Å². The van der Waals surface area contributed by atoms with E-state index >= 15 is 0 Å². The summed E-state index contributed by atoms with van der Waals surface area (Å²) in [6.45, 7) is 5.35. The van der Waals surface area contributed by atoms with Gasteiger partial charge in [-0.05, 0) is 6.92 Å². The SMILES string of the molecule is CCOC1CN(CCO)CC1OC. The number of rotatable bonds is 5. The fourth-order valence-electron chi connectivity index (χ4n) is 1.74. The summed E-state index contributed by atoms with van der Waals surface area (Å²) in [5, 5.41) is 8.78. The number of aliphatic hydroxyl groups is 1. The second kappa shape index (κ2) is 5.54. The van der Waals surface area contributed by atoms with Gasteiger partial charge in [-0.1, -0.05) is 0 Å². The van der Waals surface area contributed by atoms with Crippen LogP contribution in [0, 0.1) is 0 Å². The number of hydrogen-bond acceptors (Lipinski definition) is 4. The first kappa shape index (κ1) is 10.9. The highest BCUT2D eigenvalue weighted by molar-refractivity contribution is 4.85. The lowest BCUT2D eigenvalue weighted by Gasteiger charge is -2.16. The van der Waals surface area contributed by atoms with Crippen molar-refractivity contribution in [2.45, 2.75) is 19.1 Å². The molecule has 2 atom stereocenters. The Morgan fingerprint density at radius 3 is 2.62 bits per heavy atom. The quantitative estimate of drug-likeness (QED) is 0.645. The zero-order valence-electron chi connectivity index (χ0n) is 8.40. The first-order valence-corrected chi connectivity index (χ1v) is 4.79. The molecule has 1 saturated heterocycles. The van der Waals surface area contributed by atoms with Crippen LogP contribution in [0.25, 0.3) is 0 Å². The van der Waals surface area contributed by atoms with Gasteiger partial charge in [0.2, 0.25) is 0 Å². The summed E-state index contributed by atoms with van der Waals surface area (Å²) in [5.74, 6) is 0. The minimum absolute atomic E-state index is 0.159. The molecule has 0 aromatic rings. The van der Waals surface area contributed by atoms with E-state index in [2.05, 4.69) is 4.90 Å². The van der Waals surface area contributed by atoms with Crippen LogP contribution in [0.4, 0.5) is 0 Å². The molecule has 1 heterocycles. The summed E-state index contributed by atoms with van der Waals surface area (Å²) < 4.78 is 10.8. The van der Waals surface area contributed by atoms with Crippen LogP contribution in [0.2, 0.25) is 0 Å². The minimum Gasteiger partial charge on any atom is -0.395 e. The van der Waals surface area contributed by atoms with E-state index in [0.717, 1.165) is 19.7 Å². The number of methoxy groups -OCH3 is 1. The van der Waals surface area contributed by atoms with Gasteiger partial charge in [-0.15, -0.1) is 0 Å². The monoisotopic (exact) mass is 189 g/mol. The van der Waals surface area contributed by atoms with Crippen molar-refractivity contribution in [3.05, 3.63) is 0 Å². The fraction of sp³-hybridized carbons (Fsp3) is 1.00. The molecule has 0 radical (unpaired) electrons. The summed E-state index contributed by atoms with van der Waals surface area (Å²) in [5.41, 5.74) is 0. The molecule has 0 aromatic heterocycles. The summed E-state index contributed by atoms with van der Waals surface area (Å²) in [4.78, 5) is 2.16. The molecule has 0 aromatic carbocycles. The first-order valence-electron chi connectivity index (χ1n) is 4.79. The van der Waals surface area contributed by atoms with Crippen molar-refractivity contribution in [1.82, 2.24) is 4.90 Å². The van der Waals surface area contributed by atoms with Crippen molar-refractivity contribution in [1.29, 1.82) is 0 Å². The molecular weight excluding hydrogens is 170 g/mol. The van der Waals surface area contributed by atoms with E-state index in [-0.39, 0.29) is 18.8 Å². The lowest BCUT2D eigenvalue weighted by atomic mass is 10.2. The van der Waals surface area contributed by atoms with Crippen LogP contribution in [0.1, 0.15) is 6.92 Å². The average Bonchev–Trinajstić information content (AvgIpc) is 2.49. The predicted octanol–water partition coefficient (Wildman–Crippen LogP) is -0.286. The molecule has 1 N–H and O–H groups in total. The molecule has 0 bridgehead atoms. The first-order chi connectivity index (χ1) is 6.31. The molecule has 0 amide bonds. The van der Waals surface area contributed by atoms with E-state index in [1.54, 1.807) is 7.11 Å². The van der Waals surface area contributed by atoms with Crippen LogP contribution in [0.5, 0.6) is 0 Å². The molecule has 2 unspecified atom stereocenters. The van der Waals surface area contributed by atoms with Crippen molar-refractivity contribution in [2.24, 2.45) is 0 Å². The number of nitrogens with zero attached hydrogens (tertiary/aromatic N) is 1. The standard InChI is InChI=1S/C9H19NO3/c1-3-13-9-7-10(4-5-11)6-8(9)12-2/h8-9,11H,3-7H2,1-2H3. The highest BCUT2D eigenvalue weighted by Gasteiger charge is 2.32. The summed E-state index contributed by atoms with van der Waals surface area (Å²) >= 11 is 0. The molecule has 1 fully saturated rings. The molecule has 4 heteroatoms. The van der Waals surface area contributed by atoms with E-state index in [0.29, 0.717) is 6.54 Å². The Hall–Kier alpha value is -0.160. The van der Waals surface area contributed by atoms with Crippen LogP contribution >= 0.6 is 0 Å². The number of β-amino-alcohol motifs (C(OH)–C–C–N with tert-alkyl or cyclic N) is 1. The number of likely N-dealkylation sites (tertiary alicyclic amines) is 1. The molecule has 1 rings (SSSR count). The zero-order chi connectivity index (χ0) is 9.68. The van der Waals surface area contributed by atoms with E-state index < -0.39 is 0 Å². The van der Waals surface area contributed by atoms with Crippen LogP contribution in [0.15, 0.2) is 0 Å². The summed E-state index contributed by atoms with van der Waals surface area (Å²) in [6, 6.07) is 0. The number of hydrogen-bond donors (Lipinski definition) is 1. The van der Waals surface area contributed by atoms with Gasteiger partial charge in [0.25, 0.3) is 0 Å². The lowest BCUT2D eigenvalue weighted by molar-refractivity contribution is -0.0233. The third-order valence-corrected chi connectivity index (χ3v) is 2.39. The summed E-state index contributed by atoms with van der Waals surface area (Å²) in [6.07, 6.45) is 0.327. The van der Waals surface area contributed by atoms with Gasteiger partial charge in [0, 0.05) is 33.4 Å². The highest BCUT2D eigenvalue weighted by Crippen LogP contribution is 2.15.